The molecule has 0 unspecified atom stereocenters. The minimum absolute atomic E-state index is 0.0735. The number of benzene rings is 3. The number of hydrogen-bond acceptors (Lipinski definition) is 4. The predicted octanol–water partition coefficient (Wildman–Crippen LogP) is 5.58. The molecule has 4 heteroatoms. The lowest BCUT2D eigenvalue weighted by atomic mass is 9.87. The zero-order valence-electron chi connectivity index (χ0n) is 15.7. The van der Waals surface area contributed by atoms with Crippen LogP contribution in [0.15, 0.2) is 78.9 Å². The fourth-order valence-electron chi connectivity index (χ4n) is 3.97. The van der Waals surface area contributed by atoms with Crippen molar-refractivity contribution >= 4 is 0 Å². The summed E-state index contributed by atoms with van der Waals surface area (Å²) in [5.74, 6) is 1.68. The second-order valence-corrected chi connectivity index (χ2v) is 7.24. The van der Waals surface area contributed by atoms with E-state index in [1.54, 1.807) is 0 Å². The van der Waals surface area contributed by atoms with E-state index in [-0.39, 0.29) is 24.9 Å². The Balaban J connectivity index is 1.53. The summed E-state index contributed by atoms with van der Waals surface area (Å²) in [6, 6.07) is 26.5. The molecule has 2 heterocycles. The van der Waals surface area contributed by atoms with E-state index in [9.17, 15) is 0 Å². The van der Waals surface area contributed by atoms with Crippen LogP contribution >= 0.6 is 0 Å². The maximum Gasteiger partial charge on any atom is 0.231 e. The third kappa shape index (κ3) is 3.15. The van der Waals surface area contributed by atoms with Crippen molar-refractivity contribution in [1.29, 1.82) is 0 Å². The first-order chi connectivity index (χ1) is 13.8. The van der Waals surface area contributed by atoms with Gasteiger partial charge in [0.2, 0.25) is 6.79 Å². The summed E-state index contributed by atoms with van der Waals surface area (Å²) in [5.41, 5.74) is 3.24. The average molecular weight is 374 g/mol. The van der Waals surface area contributed by atoms with Gasteiger partial charge in [-0.2, -0.15) is 0 Å². The summed E-state index contributed by atoms with van der Waals surface area (Å²) in [6.45, 7) is 2.44. The van der Waals surface area contributed by atoms with Crippen LogP contribution in [0, 0.1) is 5.92 Å². The van der Waals surface area contributed by atoms with Crippen molar-refractivity contribution in [2.45, 2.75) is 25.4 Å². The molecule has 0 aliphatic carbocycles. The van der Waals surface area contributed by atoms with E-state index in [1.807, 2.05) is 60.7 Å². The molecule has 1 fully saturated rings. The quantitative estimate of drug-likeness (QED) is 0.600. The van der Waals surface area contributed by atoms with Crippen LogP contribution in [0.4, 0.5) is 0 Å². The van der Waals surface area contributed by atoms with Crippen LogP contribution in [0.3, 0.4) is 0 Å². The standard InChI is InChI=1S/C24H22O4/c1-16-22(17-8-4-2-5-9-17)27-24(18-10-6-3-7-11-18)28-23(16)19-12-13-20-21(14-19)26-15-25-20/h2-14,16,22-24H,15H2,1H3/t16-,22-,23+,24+/m0/s1. The first-order valence-corrected chi connectivity index (χ1v) is 9.60. The second-order valence-electron chi connectivity index (χ2n) is 7.24. The molecule has 0 N–H and O–H groups in total. The van der Waals surface area contributed by atoms with Crippen molar-refractivity contribution in [2.75, 3.05) is 6.79 Å². The Morgan fingerprint density at radius 1 is 0.643 bits per heavy atom. The van der Waals surface area contributed by atoms with Gasteiger partial charge in [-0.3, -0.25) is 0 Å². The molecule has 1 saturated heterocycles. The van der Waals surface area contributed by atoms with E-state index in [0.29, 0.717) is 0 Å². The Kier molecular flexibility index (Phi) is 4.51. The highest BCUT2D eigenvalue weighted by atomic mass is 16.7. The topological polar surface area (TPSA) is 36.9 Å². The molecule has 142 valence electrons. The third-order valence-corrected chi connectivity index (χ3v) is 5.42. The minimum atomic E-state index is -0.432. The Labute approximate surface area is 164 Å². The average Bonchev–Trinajstić information content (AvgIpc) is 3.23. The normalized spacial score (nSPS) is 26.2. The van der Waals surface area contributed by atoms with Crippen LogP contribution in [0.1, 0.15) is 42.1 Å². The van der Waals surface area contributed by atoms with Crippen molar-refractivity contribution in [3.8, 4) is 11.5 Å². The predicted molar refractivity (Wildman–Crippen MR) is 105 cm³/mol. The van der Waals surface area contributed by atoms with E-state index < -0.39 is 6.29 Å². The fourth-order valence-corrected chi connectivity index (χ4v) is 3.97. The monoisotopic (exact) mass is 374 g/mol. The Bertz CT molecular complexity index is 941. The van der Waals surface area contributed by atoms with Gasteiger partial charge < -0.3 is 18.9 Å². The molecule has 0 amide bonds. The number of rotatable bonds is 3. The molecule has 3 aromatic carbocycles. The highest BCUT2D eigenvalue weighted by Gasteiger charge is 2.39. The van der Waals surface area contributed by atoms with E-state index in [0.717, 1.165) is 28.2 Å². The summed E-state index contributed by atoms with van der Waals surface area (Å²) in [7, 11) is 0. The number of hydrogen-bond donors (Lipinski definition) is 0. The maximum absolute atomic E-state index is 6.46. The van der Waals surface area contributed by atoms with Crippen LogP contribution < -0.4 is 9.47 Å². The molecule has 2 aliphatic heterocycles. The summed E-state index contributed by atoms with van der Waals surface area (Å²) >= 11 is 0. The zero-order valence-corrected chi connectivity index (χ0v) is 15.7. The van der Waals surface area contributed by atoms with Gasteiger partial charge in [0.1, 0.15) is 0 Å². The Morgan fingerprint density at radius 3 is 1.96 bits per heavy atom. The lowest BCUT2D eigenvalue weighted by Crippen LogP contribution is -2.32. The molecular weight excluding hydrogens is 352 g/mol. The molecule has 0 saturated carbocycles. The van der Waals surface area contributed by atoms with Crippen molar-refractivity contribution in [3.63, 3.8) is 0 Å². The van der Waals surface area contributed by atoms with Gasteiger partial charge in [-0.15, -0.1) is 0 Å². The van der Waals surface area contributed by atoms with E-state index in [4.69, 9.17) is 18.9 Å². The van der Waals surface area contributed by atoms with Gasteiger partial charge in [-0.1, -0.05) is 73.7 Å². The molecule has 5 rings (SSSR count). The highest BCUT2D eigenvalue weighted by Crippen LogP contribution is 2.48. The molecule has 4 atom stereocenters. The SMILES string of the molecule is C[C@H]1[C@@H](c2ccccc2)O[C@@H](c2ccccc2)O[C@H]1c1ccc2c(c1)OCO2. The lowest BCUT2D eigenvalue weighted by molar-refractivity contribution is -0.277. The van der Waals surface area contributed by atoms with E-state index in [1.165, 1.54) is 0 Å². The molecule has 0 aromatic heterocycles. The summed E-state index contributed by atoms with van der Waals surface area (Å²) in [6.07, 6.45) is -0.632. The highest BCUT2D eigenvalue weighted by molar-refractivity contribution is 5.45. The smallest absolute Gasteiger partial charge is 0.231 e. The fraction of sp³-hybridized carbons (Fsp3) is 0.250. The largest absolute Gasteiger partial charge is 0.454 e. The molecule has 4 nitrogen and oxygen atoms in total. The molecular formula is C24H22O4. The van der Waals surface area contributed by atoms with Gasteiger partial charge in [0.05, 0.1) is 12.2 Å². The third-order valence-electron chi connectivity index (χ3n) is 5.42. The van der Waals surface area contributed by atoms with E-state index in [2.05, 4.69) is 25.1 Å². The van der Waals surface area contributed by atoms with Gasteiger partial charge in [-0.25, -0.2) is 0 Å². The number of fused-ring (bicyclic) bond motifs is 1. The summed E-state index contributed by atoms with van der Waals surface area (Å²) < 4.78 is 23.9. The molecule has 0 bridgehead atoms. The minimum Gasteiger partial charge on any atom is -0.454 e. The van der Waals surface area contributed by atoms with Crippen LogP contribution in [0.25, 0.3) is 0 Å². The molecule has 0 spiro atoms. The van der Waals surface area contributed by atoms with Crippen LogP contribution in [0.5, 0.6) is 11.5 Å². The zero-order chi connectivity index (χ0) is 18.9. The molecule has 28 heavy (non-hydrogen) atoms. The van der Waals surface area contributed by atoms with Gasteiger partial charge in [0.15, 0.2) is 17.8 Å². The van der Waals surface area contributed by atoms with Crippen LogP contribution in [0.2, 0.25) is 0 Å². The van der Waals surface area contributed by atoms with Crippen LogP contribution in [-0.4, -0.2) is 6.79 Å². The van der Waals surface area contributed by atoms with Gasteiger partial charge in [0, 0.05) is 11.5 Å². The van der Waals surface area contributed by atoms with Crippen molar-refractivity contribution in [3.05, 3.63) is 95.6 Å². The lowest BCUT2D eigenvalue weighted by Gasteiger charge is -2.41. The Morgan fingerprint density at radius 2 is 1.25 bits per heavy atom. The second kappa shape index (κ2) is 7.30. The van der Waals surface area contributed by atoms with Crippen molar-refractivity contribution < 1.29 is 18.9 Å². The first-order valence-electron chi connectivity index (χ1n) is 9.60. The van der Waals surface area contributed by atoms with Gasteiger partial charge in [-0.05, 0) is 23.3 Å². The summed E-state index contributed by atoms with van der Waals surface area (Å²) in [4.78, 5) is 0. The maximum atomic E-state index is 6.46. The number of ether oxygens (including phenoxy) is 4. The van der Waals surface area contributed by atoms with Crippen molar-refractivity contribution in [2.24, 2.45) is 5.92 Å². The van der Waals surface area contributed by atoms with Crippen molar-refractivity contribution in [1.82, 2.24) is 0 Å². The Hall–Kier alpha value is -2.82. The molecule has 0 radical (unpaired) electrons. The van der Waals surface area contributed by atoms with Gasteiger partial charge >= 0.3 is 0 Å². The van der Waals surface area contributed by atoms with E-state index >= 15 is 0 Å². The van der Waals surface area contributed by atoms with Crippen LogP contribution in [-0.2, 0) is 9.47 Å². The molecule has 3 aromatic rings. The summed E-state index contributed by atoms with van der Waals surface area (Å²) in [5, 5.41) is 0. The molecule has 2 aliphatic rings. The first kappa shape index (κ1) is 17.3. The van der Waals surface area contributed by atoms with Gasteiger partial charge in [0.25, 0.3) is 0 Å².